The molecule has 1 unspecified atom stereocenters. The third kappa shape index (κ3) is 3.83. The number of benzene rings is 1. The van der Waals surface area contributed by atoms with Gasteiger partial charge in [-0.05, 0) is 37.0 Å². The van der Waals surface area contributed by atoms with Gasteiger partial charge in [-0.1, -0.05) is 12.1 Å². The molecule has 2 fully saturated rings. The van der Waals surface area contributed by atoms with Crippen molar-refractivity contribution in [3.8, 4) is 0 Å². The van der Waals surface area contributed by atoms with E-state index in [1.807, 2.05) is 13.1 Å². The second kappa shape index (κ2) is 6.87. The van der Waals surface area contributed by atoms with Crippen molar-refractivity contribution in [3.05, 3.63) is 35.6 Å². The molecule has 1 N–H and O–H groups in total. The highest BCUT2D eigenvalue weighted by Gasteiger charge is 2.44. The van der Waals surface area contributed by atoms with Crippen molar-refractivity contribution in [2.45, 2.75) is 24.7 Å². The minimum atomic E-state index is -0.156. The van der Waals surface area contributed by atoms with Crippen LogP contribution in [0.1, 0.15) is 24.8 Å². The molecule has 1 heterocycles. The lowest BCUT2D eigenvalue weighted by Gasteiger charge is -2.26. The minimum Gasteiger partial charge on any atom is -0.381 e. The highest BCUT2D eigenvalue weighted by Crippen LogP contribution is 2.47. The van der Waals surface area contributed by atoms with Gasteiger partial charge in [0.15, 0.2) is 5.96 Å². The predicted molar refractivity (Wildman–Crippen MR) is 90.2 cm³/mol. The van der Waals surface area contributed by atoms with Crippen LogP contribution in [0.3, 0.4) is 0 Å². The summed E-state index contributed by atoms with van der Waals surface area (Å²) < 4.78 is 18.9. The summed E-state index contributed by atoms with van der Waals surface area (Å²) in [6, 6.07) is 6.99. The first kappa shape index (κ1) is 16.2. The number of ether oxygens (including phenoxy) is 1. The molecule has 1 saturated heterocycles. The fraction of sp³-hybridized carbons (Fsp3) is 0.611. The molecule has 4 nitrogen and oxygen atoms in total. The van der Waals surface area contributed by atoms with Gasteiger partial charge in [-0.25, -0.2) is 4.39 Å². The van der Waals surface area contributed by atoms with Crippen LogP contribution in [0.25, 0.3) is 0 Å². The van der Waals surface area contributed by atoms with Gasteiger partial charge in [0.1, 0.15) is 5.82 Å². The van der Waals surface area contributed by atoms with E-state index in [0.717, 1.165) is 57.1 Å². The highest BCUT2D eigenvalue weighted by atomic mass is 19.1. The Bertz CT molecular complexity index is 565. The van der Waals surface area contributed by atoms with Crippen molar-refractivity contribution < 1.29 is 9.13 Å². The molecule has 0 radical (unpaired) electrons. The van der Waals surface area contributed by atoms with Gasteiger partial charge in [0, 0.05) is 45.1 Å². The van der Waals surface area contributed by atoms with Crippen molar-refractivity contribution >= 4 is 5.96 Å². The first-order valence-corrected chi connectivity index (χ1v) is 8.38. The van der Waals surface area contributed by atoms with E-state index in [4.69, 9.17) is 4.74 Å². The molecule has 5 heteroatoms. The Balaban J connectivity index is 1.57. The maximum absolute atomic E-state index is 13.5. The molecule has 1 aliphatic heterocycles. The van der Waals surface area contributed by atoms with E-state index in [2.05, 4.69) is 22.3 Å². The minimum absolute atomic E-state index is 0.0648. The SMILES string of the molecule is CN=C(NCC1(c2cccc(F)c2)CC1)N(C)CC1CCOC1. The summed E-state index contributed by atoms with van der Waals surface area (Å²) in [6.07, 6.45) is 3.32. The lowest BCUT2D eigenvalue weighted by molar-refractivity contribution is 0.181. The van der Waals surface area contributed by atoms with E-state index in [9.17, 15) is 4.39 Å². The Morgan fingerprint density at radius 2 is 2.30 bits per heavy atom. The van der Waals surface area contributed by atoms with Crippen LogP contribution < -0.4 is 5.32 Å². The van der Waals surface area contributed by atoms with Crippen LogP contribution >= 0.6 is 0 Å². The molecule has 0 spiro atoms. The predicted octanol–water partition coefficient (Wildman–Crippen LogP) is 2.40. The Kier molecular flexibility index (Phi) is 4.85. The lowest BCUT2D eigenvalue weighted by atomic mass is 9.96. The van der Waals surface area contributed by atoms with Crippen LogP contribution in [0.5, 0.6) is 0 Å². The van der Waals surface area contributed by atoms with E-state index in [-0.39, 0.29) is 11.2 Å². The summed E-state index contributed by atoms with van der Waals surface area (Å²) in [5.41, 5.74) is 1.15. The molecular formula is C18H26FN3O. The number of hydrogen-bond donors (Lipinski definition) is 1. The standard InChI is InChI=1S/C18H26FN3O/c1-20-17(22(2)11-14-6-9-23-12-14)21-13-18(7-8-18)15-4-3-5-16(19)10-15/h3-5,10,14H,6-9,11-13H2,1-2H3,(H,20,21). The fourth-order valence-electron chi connectivity index (χ4n) is 3.37. The number of nitrogens with one attached hydrogen (secondary N) is 1. The number of aliphatic imine (C=N–C) groups is 1. The van der Waals surface area contributed by atoms with E-state index in [0.29, 0.717) is 5.92 Å². The maximum Gasteiger partial charge on any atom is 0.193 e. The second-order valence-corrected chi connectivity index (χ2v) is 6.80. The van der Waals surface area contributed by atoms with E-state index >= 15 is 0 Å². The van der Waals surface area contributed by atoms with Gasteiger partial charge in [-0.2, -0.15) is 0 Å². The largest absolute Gasteiger partial charge is 0.381 e. The molecule has 1 aliphatic carbocycles. The highest BCUT2D eigenvalue weighted by molar-refractivity contribution is 5.79. The number of nitrogens with zero attached hydrogens (tertiary/aromatic N) is 2. The molecule has 1 saturated carbocycles. The first-order valence-electron chi connectivity index (χ1n) is 8.38. The van der Waals surface area contributed by atoms with Crippen molar-refractivity contribution in [1.29, 1.82) is 0 Å². The molecule has 1 atom stereocenters. The van der Waals surface area contributed by atoms with Gasteiger partial charge in [-0.3, -0.25) is 4.99 Å². The molecular weight excluding hydrogens is 293 g/mol. The van der Waals surface area contributed by atoms with Crippen LogP contribution in [0.4, 0.5) is 4.39 Å². The lowest BCUT2D eigenvalue weighted by Crippen LogP contribution is -2.44. The average molecular weight is 319 g/mol. The Hall–Kier alpha value is -1.62. The number of hydrogen-bond acceptors (Lipinski definition) is 2. The van der Waals surface area contributed by atoms with Crippen molar-refractivity contribution in [3.63, 3.8) is 0 Å². The van der Waals surface area contributed by atoms with E-state index < -0.39 is 0 Å². The first-order chi connectivity index (χ1) is 11.1. The third-order valence-corrected chi connectivity index (χ3v) is 5.00. The topological polar surface area (TPSA) is 36.9 Å². The number of halogens is 1. The molecule has 0 aromatic heterocycles. The van der Waals surface area contributed by atoms with Crippen LogP contribution in [-0.4, -0.2) is 51.3 Å². The Morgan fingerprint density at radius 1 is 1.48 bits per heavy atom. The summed E-state index contributed by atoms with van der Waals surface area (Å²) in [7, 11) is 3.88. The molecule has 3 rings (SSSR count). The fourth-order valence-corrected chi connectivity index (χ4v) is 3.37. The van der Waals surface area contributed by atoms with Gasteiger partial charge in [0.05, 0.1) is 6.61 Å². The molecule has 1 aromatic rings. The summed E-state index contributed by atoms with van der Waals surface area (Å²) in [6.45, 7) is 3.46. The number of rotatable bonds is 5. The van der Waals surface area contributed by atoms with E-state index in [1.165, 1.54) is 6.07 Å². The summed E-state index contributed by atoms with van der Waals surface area (Å²) in [5, 5.41) is 3.48. The van der Waals surface area contributed by atoms with Crippen LogP contribution in [0, 0.1) is 11.7 Å². The summed E-state index contributed by atoms with van der Waals surface area (Å²) in [4.78, 5) is 6.56. The smallest absolute Gasteiger partial charge is 0.193 e. The normalized spacial score (nSPS) is 22.9. The van der Waals surface area contributed by atoms with Gasteiger partial charge in [-0.15, -0.1) is 0 Å². The summed E-state index contributed by atoms with van der Waals surface area (Å²) in [5.74, 6) is 1.33. The second-order valence-electron chi connectivity index (χ2n) is 6.80. The molecule has 1 aromatic carbocycles. The number of guanidine groups is 1. The zero-order valence-electron chi connectivity index (χ0n) is 14.0. The summed E-state index contributed by atoms with van der Waals surface area (Å²) >= 11 is 0. The maximum atomic E-state index is 13.5. The van der Waals surface area contributed by atoms with Gasteiger partial charge >= 0.3 is 0 Å². The zero-order chi connectivity index (χ0) is 16.3. The van der Waals surface area contributed by atoms with Crippen LogP contribution in [0.15, 0.2) is 29.3 Å². The third-order valence-electron chi connectivity index (χ3n) is 5.00. The molecule has 126 valence electrons. The van der Waals surface area contributed by atoms with Crippen molar-refractivity contribution in [2.24, 2.45) is 10.9 Å². The van der Waals surface area contributed by atoms with E-state index in [1.54, 1.807) is 12.1 Å². The van der Waals surface area contributed by atoms with Crippen molar-refractivity contribution in [1.82, 2.24) is 10.2 Å². The Morgan fingerprint density at radius 3 is 2.91 bits per heavy atom. The van der Waals surface area contributed by atoms with Crippen LogP contribution in [-0.2, 0) is 10.2 Å². The molecule has 0 bridgehead atoms. The van der Waals surface area contributed by atoms with Gasteiger partial charge < -0.3 is 15.0 Å². The van der Waals surface area contributed by atoms with Crippen LogP contribution in [0.2, 0.25) is 0 Å². The monoisotopic (exact) mass is 319 g/mol. The van der Waals surface area contributed by atoms with Crippen molar-refractivity contribution in [2.75, 3.05) is 40.4 Å². The Labute approximate surface area is 137 Å². The quantitative estimate of drug-likeness (QED) is 0.669. The molecule has 0 amide bonds. The molecule has 2 aliphatic rings. The zero-order valence-corrected chi connectivity index (χ0v) is 14.0. The average Bonchev–Trinajstić information content (AvgIpc) is 3.16. The van der Waals surface area contributed by atoms with Gasteiger partial charge in [0.25, 0.3) is 0 Å². The molecule has 23 heavy (non-hydrogen) atoms. The van der Waals surface area contributed by atoms with Gasteiger partial charge in [0.2, 0.25) is 0 Å².